The van der Waals surface area contributed by atoms with Crippen molar-refractivity contribution in [3.8, 4) is 11.1 Å². The number of nitrogens with zero attached hydrogens (tertiary/aromatic N) is 1. The number of rotatable bonds is 7. The van der Waals surface area contributed by atoms with Crippen LogP contribution in [0.2, 0.25) is 5.02 Å². The molecule has 0 aliphatic heterocycles. The summed E-state index contributed by atoms with van der Waals surface area (Å²) in [5.74, 6) is -4.01. The highest BCUT2D eigenvalue weighted by atomic mass is 35.5. The summed E-state index contributed by atoms with van der Waals surface area (Å²) in [5.41, 5.74) is -1.18. The summed E-state index contributed by atoms with van der Waals surface area (Å²) in [6.45, 7) is 4.36. The molecule has 1 atom stereocenters. The van der Waals surface area contributed by atoms with Gasteiger partial charge in [0.1, 0.15) is 10.5 Å². The third-order valence-corrected chi connectivity index (χ3v) is 7.29. The van der Waals surface area contributed by atoms with E-state index in [-0.39, 0.29) is 23.4 Å². The molecule has 1 unspecified atom stereocenters. The zero-order chi connectivity index (χ0) is 30.1. The van der Waals surface area contributed by atoms with Gasteiger partial charge >= 0.3 is 18.0 Å². The number of carbonyl (C=O) groups excluding carboxylic acids is 4. The maximum absolute atomic E-state index is 14.4. The molecule has 0 fully saturated rings. The predicted octanol–water partition coefficient (Wildman–Crippen LogP) is 5.30. The first-order valence-corrected chi connectivity index (χ1v) is 13.6. The number of carbonyl (C=O) groups is 4. The van der Waals surface area contributed by atoms with Crippen LogP contribution in [0.5, 0.6) is 0 Å². The number of methoxy groups -OCH3 is 1. The third-order valence-electron chi connectivity index (χ3n) is 6.12. The van der Waals surface area contributed by atoms with Gasteiger partial charge < -0.3 is 19.3 Å². The molecule has 3 aromatic rings. The second-order valence-electron chi connectivity index (χ2n) is 10.2. The van der Waals surface area contributed by atoms with Crippen molar-refractivity contribution in [1.29, 1.82) is 0 Å². The first-order chi connectivity index (χ1) is 19.2. The van der Waals surface area contributed by atoms with Gasteiger partial charge in [-0.05, 0) is 63.4 Å². The van der Waals surface area contributed by atoms with Crippen LogP contribution in [0.3, 0.4) is 0 Å². The number of halogens is 2. The summed E-state index contributed by atoms with van der Waals surface area (Å²) >= 11 is 6.90. The fourth-order valence-corrected chi connectivity index (χ4v) is 5.26. The molecule has 0 bridgehead atoms. The minimum Gasteiger partial charge on any atom is -0.465 e. The molecule has 0 saturated carbocycles. The van der Waals surface area contributed by atoms with Crippen LogP contribution in [0.15, 0.2) is 35.8 Å². The number of benzene rings is 1. The van der Waals surface area contributed by atoms with Crippen LogP contribution >= 0.6 is 22.9 Å². The van der Waals surface area contributed by atoms with Crippen molar-refractivity contribution in [2.24, 2.45) is 0 Å². The van der Waals surface area contributed by atoms with Crippen LogP contribution in [0.25, 0.3) is 11.1 Å². The van der Waals surface area contributed by atoms with E-state index in [0.29, 0.717) is 38.7 Å². The van der Waals surface area contributed by atoms with E-state index in [1.54, 1.807) is 45.0 Å². The molecule has 2 heterocycles. The van der Waals surface area contributed by atoms with E-state index in [1.807, 2.05) is 0 Å². The third kappa shape index (κ3) is 6.39. The van der Waals surface area contributed by atoms with Gasteiger partial charge in [-0.25, -0.2) is 18.8 Å². The number of fused-ring (bicyclic) bond motifs is 1. The number of hydrogen-bond acceptors (Lipinski definition) is 10. The Balaban J connectivity index is 1.52. The summed E-state index contributed by atoms with van der Waals surface area (Å²) in [7, 11) is 1.08. The van der Waals surface area contributed by atoms with Crippen LogP contribution in [0.1, 0.15) is 58.5 Å². The minimum atomic E-state index is -2.13. The van der Waals surface area contributed by atoms with E-state index >= 15 is 0 Å². The van der Waals surface area contributed by atoms with E-state index in [1.165, 1.54) is 6.20 Å². The fourth-order valence-electron chi connectivity index (χ4n) is 4.22. The molecule has 1 aromatic carbocycles. The van der Waals surface area contributed by atoms with Gasteiger partial charge in [-0.2, -0.15) is 0 Å². The highest BCUT2D eigenvalue weighted by Gasteiger charge is 2.47. The van der Waals surface area contributed by atoms with Crippen LogP contribution < -0.4 is 5.32 Å². The summed E-state index contributed by atoms with van der Waals surface area (Å²) in [5, 5.41) is 15.4. The van der Waals surface area contributed by atoms with Crippen molar-refractivity contribution in [1.82, 2.24) is 4.98 Å². The Bertz CT molecular complexity index is 1550. The van der Waals surface area contributed by atoms with Gasteiger partial charge in [-0.3, -0.25) is 15.1 Å². The lowest BCUT2D eigenvalue weighted by Crippen LogP contribution is -2.37. The van der Waals surface area contributed by atoms with E-state index in [4.69, 9.17) is 21.1 Å². The summed E-state index contributed by atoms with van der Waals surface area (Å²) in [6, 6.07) is 6.56. The van der Waals surface area contributed by atoms with E-state index in [9.17, 15) is 28.7 Å². The number of aryl methyl sites for hydroxylation is 1. The van der Waals surface area contributed by atoms with Gasteiger partial charge in [0.2, 0.25) is 11.4 Å². The molecule has 0 saturated heterocycles. The Morgan fingerprint density at radius 2 is 1.95 bits per heavy atom. The van der Waals surface area contributed by atoms with E-state index in [0.717, 1.165) is 12.5 Å². The number of anilines is 1. The van der Waals surface area contributed by atoms with Crippen molar-refractivity contribution in [3.63, 3.8) is 0 Å². The largest absolute Gasteiger partial charge is 0.465 e. The van der Waals surface area contributed by atoms with Crippen molar-refractivity contribution in [2.75, 3.05) is 19.0 Å². The van der Waals surface area contributed by atoms with Crippen molar-refractivity contribution < 1.29 is 42.9 Å². The van der Waals surface area contributed by atoms with Crippen LogP contribution in [0.4, 0.5) is 14.9 Å². The van der Waals surface area contributed by atoms with Crippen molar-refractivity contribution in [3.05, 3.63) is 68.4 Å². The molecule has 41 heavy (non-hydrogen) atoms. The lowest BCUT2D eigenvalue weighted by molar-refractivity contribution is -0.165. The topological polar surface area (TPSA) is 141 Å². The number of amides is 1. The lowest BCUT2D eigenvalue weighted by Gasteiger charge is -2.21. The maximum Gasteiger partial charge on any atom is 0.412 e. The van der Waals surface area contributed by atoms with E-state index in [2.05, 4.69) is 15.0 Å². The Kier molecular flexibility index (Phi) is 8.48. The van der Waals surface area contributed by atoms with Gasteiger partial charge in [0, 0.05) is 27.7 Å². The molecule has 2 aromatic heterocycles. The number of nitrogens with one attached hydrogen (secondary N) is 1. The quantitative estimate of drug-likeness (QED) is 0.209. The lowest BCUT2D eigenvalue weighted by atomic mass is 9.99. The molecule has 4 rings (SSSR count). The smallest absolute Gasteiger partial charge is 0.412 e. The molecule has 0 spiro atoms. The standard InChI is InChI=1S/C28H26ClFN2O8S/c1-27(2,3)40-26(36)32-19-6-5-16(29)10-17(19)15-9-14-7-8-28(37,23(14)31-11-15)25(35)39-12-20(33)18-13-41-22(21(18)30)24(34)38-4/h5-6,9-11,13,37H,7-8,12H2,1-4H3,(H,32,36). The number of pyridine rings is 1. The van der Waals surface area contributed by atoms with Gasteiger partial charge in [-0.1, -0.05) is 11.6 Å². The number of aromatic nitrogens is 1. The fraction of sp³-hybridized carbons (Fsp3) is 0.321. The van der Waals surface area contributed by atoms with E-state index < -0.39 is 53.0 Å². The predicted molar refractivity (Wildman–Crippen MR) is 148 cm³/mol. The summed E-state index contributed by atoms with van der Waals surface area (Å²) < 4.78 is 29.3. The number of thiophene rings is 1. The molecule has 0 radical (unpaired) electrons. The minimum absolute atomic E-state index is 0.0528. The van der Waals surface area contributed by atoms with Crippen LogP contribution in [-0.4, -0.2) is 53.2 Å². The highest BCUT2D eigenvalue weighted by Crippen LogP contribution is 2.40. The van der Waals surface area contributed by atoms with Crippen molar-refractivity contribution in [2.45, 2.75) is 44.8 Å². The molecular weight excluding hydrogens is 579 g/mol. The number of esters is 2. The molecule has 10 nitrogen and oxygen atoms in total. The molecule has 1 aliphatic rings. The SMILES string of the molecule is COC(=O)c1scc(C(=O)COC(=O)C2(O)CCc3cc(-c4cc(Cl)ccc4NC(=O)OC(C)(C)C)cnc32)c1F. The molecular formula is C28H26ClFN2O8S. The Morgan fingerprint density at radius 1 is 1.22 bits per heavy atom. The second-order valence-corrected chi connectivity index (χ2v) is 11.5. The first kappa shape index (κ1) is 30.1. The highest BCUT2D eigenvalue weighted by molar-refractivity contribution is 7.12. The van der Waals surface area contributed by atoms with Crippen LogP contribution in [0, 0.1) is 5.82 Å². The van der Waals surface area contributed by atoms with Crippen LogP contribution in [-0.2, 0) is 31.0 Å². The number of hydrogen-bond donors (Lipinski definition) is 2. The summed E-state index contributed by atoms with van der Waals surface area (Å²) in [6.07, 6.45) is 0.941. The Labute approximate surface area is 243 Å². The average Bonchev–Trinajstić information content (AvgIpc) is 3.46. The molecule has 2 N–H and O–H groups in total. The number of ketones is 1. The monoisotopic (exact) mass is 604 g/mol. The molecule has 216 valence electrons. The molecule has 1 aliphatic carbocycles. The molecule has 1 amide bonds. The van der Waals surface area contributed by atoms with Gasteiger partial charge in [0.15, 0.2) is 12.4 Å². The van der Waals surface area contributed by atoms with Crippen molar-refractivity contribution >= 4 is 52.4 Å². The Hall–Kier alpha value is -3.87. The maximum atomic E-state index is 14.4. The molecule has 13 heteroatoms. The summed E-state index contributed by atoms with van der Waals surface area (Å²) in [4.78, 5) is 53.3. The number of aliphatic hydroxyl groups is 1. The van der Waals surface area contributed by atoms with Gasteiger partial charge in [-0.15, -0.1) is 11.3 Å². The normalized spacial score (nSPS) is 16.1. The second kappa shape index (κ2) is 11.6. The zero-order valence-electron chi connectivity index (χ0n) is 22.5. The zero-order valence-corrected chi connectivity index (χ0v) is 24.1. The number of Topliss-reactive ketones (excluding diaryl/α,β-unsaturated/α-hetero) is 1. The first-order valence-electron chi connectivity index (χ1n) is 12.3. The van der Waals surface area contributed by atoms with Gasteiger partial charge in [0.25, 0.3) is 0 Å². The average molecular weight is 605 g/mol. The number of ether oxygens (including phenoxy) is 3. The Morgan fingerprint density at radius 3 is 2.63 bits per heavy atom. The van der Waals surface area contributed by atoms with Gasteiger partial charge in [0.05, 0.1) is 24.1 Å².